The van der Waals surface area contributed by atoms with Gasteiger partial charge in [0.05, 0.1) is 6.54 Å². The van der Waals surface area contributed by atoms with Gasteiger partial charge in [-0.15, -0.1) is 22.9 Å². The number of nitrogens with one attached hydrogen (secondary N) is 1. The van der Waals surface area contributed by atoms with Gasteiger partial charge < -0.3 is 5.32 Å². The number of hydrogen-bond donors (Lipinski definition) is 1. The molecule has 1 aromatic carbocycles. The first-order valence-corrected chi connectivity index (χ1v) is 6.66. The fourth-order valence-electron chi connectivity index (χ4n) is 1.48. The first-order chi connectivity index (χ1) is 8.29. The smallest absolute Gasteiger partial charge is 0.251 e. The molecule has 0 bridgehead atoms. The number of alkyl halides is 1. The van der Waals surface area contributed by atoms with Crippen molar-refractivity contribution in [2.45, 2.75) is 12.4 Å². The van der Waals surface area contributed by atoms with E-state index in [1.165, 1.54) is 0 Å². The molecule has 17 heavy (non-hydrogen) atoms. The molecule has 0 atom stereocenters. The Hall–Kier alpha value is -1.32. The molecule has 0 radical (unpaired) electrons. The highest BCUT2D eigenvalue weighted by Crippen LogP contribution is 2.10. The summed E-state index contributed by atoms with van der Waals surface area (Å²) in [6.07, 6.45) is 0. The van der Waals surface area contributed by atoms with Gasteiger partial charge in [0.1, 0.15) is 0 Å². The second kappa shape index (κ2) is 5.84. The minimum Gasteiger partial charge on any atom is -0.347 e. The second-order valence-electron chi connectivity index (χ2n) is 3.60. The van der Waals surface area contributed by atoms with Crippen molar-refractivity contribution in [1.82, 2.24) is 5.32 Å². The predicted molar refractivity (Wildman–Crippen MR) is 71.5 cm³/mol. The van der Waals surface area contributed by atoms with Crippen LogP contribution in [0, 0.1) is 0 Å². The third kappa shape index (κ3) is 3.32. The van der Waals surface area contributed by atoms with E-state index in [2.05, 4.69) is 5.32 Å². The van der Waals surface area contributed by atoms with Crippen LogP contribution in [-0.2, 0) is 12.4 Å². The number of rotatable bonds is 4. The van der Waals surface area contributed by atoms with Crippen LogP contribution in [0.3, 0.4) is 0 Å². The molecule has 0 unspecified atom stereocenters. The van der Waals surface area contributed by atoms with Gasteiger partial charge in [0, 0.05) is 16.3 Å². The molecule has 0 aliphatic carbocycles. The minimum atomic E-state index is -0.0645. The molecule has 0 aliphatic rings. The number of benzene rings is 1. The largest absolute Gasteiger partial charge is 0.347 e. The van der Waals surface area contributed by atoms with Crippen LogP contribution in [0.4, 0.5) is 0 Å². The van der Waals surface area contributed by atoms with Crippen molar-refractivity contribution in [3.05, 3.63) is 57.8 Å². The summed E-state index contributed by atoms with van der Waals surface area (Å²) in [5.41, 5.74) is 1.61. The molecule has 2 nitrogen and oxygen atoms in total. The van der Waals surface area contributed by atoms with E-state index in [9.17, 15) is 4.79 Å². The first-order valence-electron chi connectivity index (χ1n) is 5.25. The number of hydrogen-bond acceptors (Lipinski definition) is 2. The highest BCUT2D eigenvalue weighted by atomic mass is 35.5. The maximum atomic E-state index is 11.9. The quantitative estimate of drug-likeness (QED) is 0.844. The van der Waals surface area contributed by atoms with E-state index in [-0.39, 0.29) is 5.91 Å². The van der Waals surface area contributed by atoms with Gasteiger partial charge in [-0.1, -0.05) is 18.2 Å². The van der Waals surface area contributed by atoms with Crippen molar-refractivity contribution in [2.75, 3.05) is 0 Å². The van der Waals surface area contributed by atoms with Crippen LogP contribution in [0.1, 0.15) is 20.8 Å². The summed E-state index contributed by atoms with van der Waals surface area (Å²) in [6.45, 7) is 0.571. The van der Waals surface area contributed by atoms with Crippen LogP contribution >= 0.6 is 22.9 Å². The number of amides is 1. The Kier molecular flexibility index (Phi) is 4.18. The molecular weight excluding hydrogens is 254 g/mol. The lowest BCUT2D eigenvalue weighted by atomic mass is 10.1. The molecule has 1 amide bonds. The molecule has 0 saturated carbocycles. The Morgan fingerprint density at radius 1 is 1.29 bits per heavy atom. The van der Waals surface area contributed by atoms with Gasteiger partial charge in [-0.05, 0) is 29.1 Å². The Bertz CT molecular complexity index is 496. The fourth-order valence-corrected chi connectivity index (χ4v) is 2.29. The normalized spacial score (nSPS) is 10.2. The molecule has 0 fully saturated rings. The Morgan fingerprint density at radius 3 is 2.88 bits per heavy atom. The number of carbonyl (C=O) groups is 1. The van der Waals surface area contributed by atoms with Crippen LogP contribution in [-0.4, -0.2) is 5.91 Å². The monoisotopic (exact) mass is 265 g/mol. The van der Waals surface area contributed by atoms with Gasteiger partial charge in [0.25, 0.3) is 5.91 Å². The highest BCUT2D eigenvalue weighted by molar-refractivity contribution is 7.09. The molecule has 2 rings (SSSR count). The van der Waals surface area contributed by atoms with E-state index < -0.39 is 0 Å². The number of carbonyl (C=O) groups excluding carboxylic acids is 1. The molecule has 4 heteroatoms. The molecule has 0 aliphatic heterocycles. The zero-order valence-electron chi connectivity index (χ0n) is 9.15. The van der Waals surface area contributed by atoms with Crippen molar-refractivity contribution in [2.24, 2.45) is 0 Å². The predicted octanol–water partition coefficient (Wildman–Crippen LogP) is 3.42. The number of halogens is 1. The summed E-state index contributed by atoms with van der Waals surface area (Å²) < 4.78 is 0. The molecule has 0 saturated heterocycles. The zero-order valence-corrected chi connectivity index (χ0v) is 10.7. The molecule has 1 aromatic heterocycles. The number of thiophene rings is 1. The van der Waals surface area contributed by atoms with E-state index in [0.29, 0.717) is 18.0 Å². The summed E-state index contributed by atoms with van der Waals surface area (Å²) in [5.74, 6) is 0.358. The standard InChI is InChI=1S/C13H12ClNOS/c14-8-10-3-1-4-11(7-10)13(16)15-9-12-5-2-6-17-12/h1-7H,8-9H2,(H,15,16). The SMILES string of the molecule is O=C(NCc1cccs1)c1cccc(CCl)c1. The zero-order chi connectivity index (χ0) is 12.1. The van der Waals surface area contributed by atoms with E-state index in [1.807, 2.05) is 35.7 Å². The lowest BCUT2D eigenvalue weighted by Gasteiger charge is -2.04. The van der Waals surface area contributed by atoms with Crippen LogP contribution in [0.15, 0.2) is 41.8 Å². The molecule has 1 heterocycles. The van der Waals surface area contributed by atoms with Gasteiger partial charge in [-0.3, -0.25) is 4.79 Å². The van der Waals surface area contributed by atoms with Crippen molar-refractivity contribution in [3.63, 3.8) is 0 Å². The minimum absolute atomic E-state index is 0.0645. The maximum absolute atomic E-state index is 11.9. The van der Waals surface area contributed by atoms with Crippen molar-refractivity contribution >= 4 is 28.8 Å². The summed E-state index contributed by atoms with van der Waals surface area (Å²) >= 11 is 7.36. The van der Waals surface area contributed by atoms with Gasteiger partial charge in [-0.25, -0.2) is 0 Å². The average molecular weight is 266 g/mol. The van der Waals surface area contributed by atoms with Crippen molar-refractivity contribution in [3.8, 4) is 0 Å². The average Bonchev–Trinajstić information content (AvgIpc) is 2.89. The van der Waals surface area contributed by atoms with Gasteiger partial charge in [0.2, 0.25) is 0 Å². The Balaban J connectivity index is 1.99. The molecule has 1 N–H and O–H groups in total. The maximum Gasteiger partial charge on any atom is 0.251 e. The van der Waals surface area contributed by atoms with Crippen LogP contribution in [0.5, 0.6) is 0 Å². The Labute approximate surface area is 109 Å². The van der Waals surface area contributed by atoms with Crippen LogP contribution in [0.2, 0.25) is 0 Å². The first kappa shape index (κ1) is 12.1. The summed E-state index contributed by atoms with van der Waals surface area (Å²) in [4.78, 5) is 13.0. The van der Waals surface area contributed by atoms with E-state index in [4.69, 9.17) is 11.6 Å². The van der Waals surface area contributed by atoms with Gasteiger partial charge in [0.15, 0.2) is 0 Å². The topological polar surface area (TPSA) is 29.1 Å². The van der Waals surface area contributed by atoms with Crippen LogP contribution < -0.4 is 5.32 Å². The van der Waals surface area contributed by atoms with E-state index >= 15 is 0 Å². The van der Waals surface area contributed by atoms with E-state index in [0.717, 1.165) is 10.4 Å². The third-order valence-electron chi connectivity index (χ3n) is 2.35. The summed E-state index contributed by atoms with van der Waals surface area (Å²) in [5, 5.41) is 4.88. The van der Waals surface area contributed by atoms with Gasteiger partial charge in [-0.2, -0.15) is 0 Å². The third-order valence-corrected chi connectivity index (χ3v) is 3.53. The molecule has 2 aromatic rings. The lowest BCUT2D eigenvalue weighted by Crippen LogP contribution is -2.22. The summed E-state index contributed by atoms with van der Waals surface area (Å²) in [6, 6.07) is 11.3. The second-order valence-corrected chi connectivity index (χ2v) is 4.90. The van der Waals surface area contributed by atoms with Crippen LogP contribution in [0.25, 0.3) is 0 Å². The van der Waals surface area contributed by atoms with Crippen molar-refractivity contribution in [1.29, 1.82) is 0 Å². The highest BCUT2D eigenvalue weighted by Gasteiger charge is 2.05. The molecular formula is C13H12ClNOS. The van der Waals surface area contributed by atoms with E-state index in [1.54, 1.807) is 17.4 Å². The lowest BCUT2D eigenvalue weighted by molar-refractivity contribution is 0.0951. The summed E-state index contributed by atoms with van der Waals surface area (Å²) in [7, 11) is 0. The molecule has 88 valence electrons. The molecule has 0 spiro atoms. The van der Waals surface area contributed by atoms with Crippen molar-refractivity contribution < 1.29 is 4.79 Å². The Morgan fingerprint density at radius 2 is 2.18 bits per heavy atom. The fraction of sp³-hybridized carbons (Fsp3) is 0.154. The van der Waals surface area contributed by atoms with Gasteiger partial charge >= 0.3 is 0 Å².